The first-order valence-electron chi connectivity index (χ1n) is 63.8. The van der Waals surface area contributed by atoms with E-state index in [1.165, 1.54) is 42.7 Å². The zero-order chi connectivity index (χ0) is 128. The van der Waals surface area contributed by atoms with Crippen molar-refractivity contribution >= 4 is 23.9 Å². The van der Waals surface area contributed by atoms with E-state index in [9.17, 15) is 20.5 Å². The van der Waals surface area contributed by atoms with Crippen LogP contribution in [0.5, 0.6) is 46.0 Å². The molecule has 12 unspecified atom stereocenters. The lowest BCUT2D eigenvalue weighted by molar-refractivity contribution is -0.161. The normalized spacial score (nSPS) is 33.7. The van der Waals surface area contributed by atoms with Crippen LogP contribution in [0.2, 0.25) is 0 Å². The Hall–Kier alpha value is -7.16. The first-order valence-corrected chi connectivity index (χ1v) is 40.3. The number of fused-ring (bicyclic) bond motifs is 12. The van der Waals surface area contributed by atoms with Gasteiger partial charge in [-0.2, -0.15) is 0 Å². The average molecular weight is 1720 g/mol. The Morgan fingerprint density at radius 3 is 0.825 bits per heavy atom. The molecule has 0 radical (unpaired) electrons. The Morgan fingerprint density at radius 1 is 0.358 bits per heavy atom. The predicted molar refractivity (Wildman–Crippen MR) is 471 cm³/mol. The lowest BCUT2D eigenvalue weighted by atomic mass is 9.79. The van der Waals surface area contributed by atoms with E-state index in [0.717, 1.165) is 0 Å². The number of methoxy groups -OCH3 is 8. The van der Waals surface area contributed by atoms with E-state index in [-0.39, 0.29) is 168 Å². The second-order valence-corrected chi connectivity index (χ2v) is 32.9. The van der Waals surface area contributed by atoms with Gasteiger partial charge >= 0.3 is 23.9 Å². The summed E-state index contributed by atoms with van der Waals surface area (Å²) in [5.41, 5.74) is 26.6. The SMILES string of the molecule is [2H]c1c2c(c([2H])c(OC)c1OC([2H])([2H])[2H])C1CC(OC(=O)[C@@]([2H])(N)C([2H])(C([2H])([2H])[2H])C([2H])([2H])[2H])C(CC(C)C)CN1CC2.[2H]c1c2c(c([2H])c(OC)c1OC([2H])([2H])[2H])C1CC(OC(=O)[C@@]([2H])(N)C([2H])(C([2H])([2H])[2H])C([2H])([2H])[2H])C(CC(C)C)CN1CC2.[2H]c1c2c(c([2H])c(OC)c1OC)C1CC(OC(=O)[C@@]([2H])(N)C([2H])(C([2H])([2H])[2H])C([2H])([2H])[2H])C(CC(C)C)CN1CC2.[2H]c1c2c(c([2H])c(OC)c1OC)C1CC([2H])(OC(=O)[C@@]([2H])(N)C([2H])(C([2H])([2H])[2H])C([2H])([2H])[2H])C(CC(C)C)CN1CC2. The number of carbonyl (C=O) groups is 4. The summed E-state index contributed by atoms with van der Waals surface area (Å²) in [6.45, 7) is -10.4. The third-order valence-electron chi connectivity index (χ3n) is 23.0. The highest BCUT2D eigenvalue weighted by Crippen LogP contribution is 2.50. The summed E-state index contributed by atoms with van der Waals surface area (Å²) in [4.78, 5) is 61.8. The van der Waals surface area contributed by atoms with Crippen molar-refractivity contribution in [1.29, 1.82) is 0 Å². The molecule has 0 bridgehead atoms. The predicted octanol–water partition coefficient (Wildman–Crippen LogP) is 14.3. The number of nitrogens with zero attached hydrogens (tertiary/aromatic N) is 4. The van der Waals surface area contributed by atoms with Crippen LogP contribution in [-0.4, -0.2) is 201 Å². The highest BCUT2D eigenvalue weighted by atomic mass is 16.6. The molecule has 0 spiro atoms. The fourth-order valence-electron chi connectivity index (χ4n) is 17.5. The van der Waals surface area contributed by atoms with Crippen molar-refractivity contribution in [3.05, 3.63) is 92.8 Å². The quantitative estimate of drug-likeness (QED) is 0.0303. The molecule has 8 heterocycles. The van der Waals surface area contributed by atoms with Gasteiger partial charge < -0.3 is 79.8 Å². The van der Waals surface area contributed by atoms with E-state index >= 15 is 0 Å². The molecule has 4 fully saturated rings. The highest BCUT2D eigenvalue weighted by Gasteiger charge is 2.47. The van der Waals surface area contributed by atoms with Crippen LogP contribution in [0.3, 0.4) is 0 Å². The molecule has 0 aliphatic carbocycles. The van der Waals surface area contributed by atoms with Crippen LogP contribution in [0.15, 0.2) is 48.3 Å². The zero-order valence-corrected chi connectivity index (χ0v) is 70.9. The maximum Gasteiger partial charge on any atom is 0.323 e. The summed E-state index contributed by atoms with van der Waals surface area (Å²) in [5, 5.41) is 0. The Kier molecular flexibility index (Phi) is 18.3. The third-order valence-corrected chi connectivity index (χ3v) is 23.0. The summed E-state index contributed by atoms with van der Waals surface area (Å²) < 4.78 is 440. The van der Waals surface area contributed by atoms with Crippen LogP contribution in [0, 0.1) is 70.9 Å². The molecule has 672 valence electrons. The number of piperidine rings is 4. The minimum atomic E-state index is -3.76. The molecule has 4 aromatic rings. The molecule has 16 atom stereocenters. The smallest absolute Gasteiger partial charge is 0.323 e. The number of esters is 4. The Balaban J connectivity index is 0.000000245. The fraction of sp³-hybridized carbons (Fsp3) is 0.708. The number of rotatable bonds is 28. The molecular formula is C96H152N8O16. The van der Waals surface area contributed by atoms with E-state index < -0.39 is 195 Å². The van der Waals surface area contributed by atoms with Crippen molar-refractivity contribution < 1.29 is 140 Å². The lowest BCUT2D eigenvalue weighted by Gasteiger charge is -2.47. The van der Waals surface area contributed by atoms with Crippen molar-refractivity contribution in [2.24, 2.45) is 93.9 Å². The number of hydrogen-bond acceptors (Lipinski definition) is 24. The molecule has 120 heavy (non-hydrogen) atoms. The van der Waals surface area contributed by atoms with Gasteiger partial charge in [-0.05, 0) is 191 Å². The van der Waals surface area contributed by atoms with Gasteiger partial charge in [0.15, 0.2) is 46.0 Å². The number of ether oxygens (including phenoxy) is 12. The van der Waals surface area contributed by atoms with Crippen LogP contribution >= 0.6 is 0 Å². The highest BCUT2D eigenvalue weighted by molar-refractivity contribution is 5.77. The van der Waals surface area contributed by atoms with E-state index in [1.807, 2.05) is 70.1 Å². The molecule has 0 aromatic heterocycles. The van der Waals surface area contributed by atoms with E-state index in [4.69, 9.17) is 143 Å². The molecule has 12 rings (SSSR count). The monoisotopic (exact) mass is 1720 g/mol. The largest absolute Gasteiger partial charge is 0.493 e. The van der Waals surface area contributed by atoms with Crippen molar-refractivity contribution in [2.75, 3.05) is 109 Å². The van der Waals surface area contributed by atoms with Crippen LogP contribution in [0.25, 0.3) is 0 Å². The molecule has 4 saturated heterocycles. The number of benzene rings is 4. The van der Waals surface area contributed by atoms with Gasteiger partial charge in [0.2, 0.25) is 0 Å². The summed E-state index contributed by atoms with van der Waals surface area (Å²) >= 11 is 0. The number of carbonyl (C=O) groups excluding carboxylic acids is 4. The first-order chi connectivity index (χ1) is 75.6. The molecular weight excluding hydrogens is 1520 g/mol. The molecule has 8 N–H and O–H groups in total. The maximum atomic E-state index is 13.4. The second-order valence-electron chi connectivity index (χ2n) is 32.9. The maximum absolute atomic E-state index is 13.4. The van der Waals surface area contributed by atoms with Crippen LogP contribution in [0.1, 0.15) is 295 Å². The Bertz CT molecular complexity index is 5930. The van der Waals surface area contributed by atoms with Crippen molar-refractivity contribution in [3.8, 4) is 46.0 Å². The minimum absolute atomic E-state index is 0.00664. The standard InChI is InChI=1S/4C24H38N2O4/c4*1-14(2)9-17-13-26-8-7-16-10-21(28-5)22(29-6)11-18(16)19(26)12-20(17)30-24(27)23(25)15(3)4/h4*10-11,14-15,17,19-20,23H,7-9,12-13,25H2,1-6H3/t4*17?,19?,20?,23-/m0000/s1/i3D3,4D3,10D,11D,15D,20D,23D;2*3D3,4D3,5D3,10D,11D,15D,23D;3D3,4D3,10D,11D,15D,23D. The molecule has 8 aliphatic heterocycles. The van der Waals surface area contributed by atoms with E-state index in [1.54, 1.807) is 0 Å². The summed E-state index contributed by atoms with van der Waals surface area (Å²) in [6.07, 6.45) is -1.65. The minimum Gasteiger partial charge on any atom is -0.493 e. The Labute approximate surface area is 784 Å². The van der Waals surface area contributed by atoms with Gasteiger partial charge in [0.05, 0.1) is 82.8 Å². The summed E-state index contributed by atoms with van der Waals surface area (Å²) in [5.74, 6) is -23.7. The van der Waals surface area contributed by atoms with Gasteiger partial charge in [0.25, 0.3) is 0 Å². The van der Waals surface area contributed by atoms with Crippen molar-refractivity contribution in [1.82, 2.24) is 19.6 Å². The summed E-state index contributed by atoms with van der Waals surface area (Å²) in [7, 11) is 2.12. The van der Waals surface area contributed by atoms with Crippen LogP contribution in [-0.2, 0) is 63.8 Å². The molecule has 0 amide bonds. The van der Waals surface area contributed by atoms with Gasteiger partial charge in [0.1, 0.15) is 48.5 Å². The van der Waals surface area contributed by atoms with E-state index in [0.29, 0.717) is 142 Å². The fourth-order valence-corrected chi connectivity index (χ4v) is 17.5. The molecule has 4 aromatic carbocycles. The number of hydrogen-bond donors (Lipinski definition) is 4. The first kappa shape index (κ1) is 50.1. The van der Waals surface area contributed by atoms with Crippen molar-refractivity contribution in [2.45, 2.75) is 260 Å². The van der Waals surface area contributed by atoms with Gasteiger partial charge in [-0.3, -0.25) is 38.8 Å². The van der Waals surface area contributed by atoms with Crippen LogP contribution < -0.4 is 60.8 Å². The van der Waals surface area contributed by atoms with E-state index in [2.05, 4.69) is 4.90 Å². The van der Waals surface area contributed by atoms with Gasteiger partial charge in [-0.1, -0.05) is 110 Å². The Morgan fingerprint density at radius 2 is 0.583 bits per heavy atom. The summed E-state index contributed by atoms with van der Waals surface area (Å²) in [6, 6.07) is -17.3. The van der Waals surface area contributed by atoms with Gasteiger partial charge in [0, 0.05) is 164 Å². The molecule has 24 nitrogen and oxygen atoms in total. The lowest BCUT2D eigenvalue weighted by Crippen LogP contribution is -2.51. The van der Waals surface area contributed by atoms with Crippen molar-refractivity contribution in [3.63, 3.8) is 0 Å². The third kappa shape index (κ3) is 23.8. The molecule has 0 saturated carbocycles. The second kappa shape index (κ2) is 43.9. The van der Waals surface area contributed by atoms with Crippen LogP contribution in [0.4, 0.5) is 0 Å². The molecule has 8 aliphatic rings. The topological polar surface area (TPSA) is 296 Å². The zero-order valence-electron chi connectivity index (χ0n) is 118. The molecule has 24 heteroatoms. The van der Waals surface area contributed by atoms with Gasteiger partial charge in [-0.15, -0.1) is 0 Å². The average Bonchev–Trinajstić information content (AvgIpc) is 0.725. The van der Waals surface area contributed by atoms with Gasteiger partial charge in [-0.25, -0.2) is 0 Å². The number of nitrogens with two attached hydrogens (primary N) is 4.